The number of hydrogen-bond donors (Lipinski definition) is 2. The Bertz CT molecular complexity index is 1520. The van der Waals surface area contributed by atoms with E-state index in [-0.39, 0.29) is 24.7 Å². The third-order valence-corrected chi connectivity index (χ3v) is 6.92. The highest BCUT2D eigenvalue weighted by Gasteiger charge is 2.41. The van der Waals surface area contributed by atoms with Gasteiger partial charge in [0.15, 0.2) is 5.69 Å². The molecule has 0 aliphatic carbocycles. The van der Waals surface area contributed by atoms with E-state index in [0.29, 0.717) is 34.8 Å². The van der Waals surface area contributed by atoms with Crippen molar-refractivity contribution in [1.82, 2.24) is 19.7 Å². The molecule has 1 aliphatic rings. The number of nitrogens with zero attached hydrogens (tertiary/aromatic N) is 3. The lowest BCUT2D eigenvalue weighted by atomic mass is 9.82. The number of anilines is 1. The molecule has 0 atom stereocenters. The van der Waals surface area contributed by atoms with Gasteiger partial charge < -0.3 is 19.9 Å². The van der Waals surface area contributed by atoms with Crippen molar-refractivity contribution >= 4 is 17.5 Å². The van der Waals surface area contributed by atoms with Gasteiger partial charge in [0.25, 0.3) is 11.8 Å². The summed E-state index contributed by atoms with van der Waals surface area (Å²) in [5.74, 6) is -0.0327. The number of aromatic nitrogens is 3. The number of alkyl halides is 3. The number of H-pyrrole nitrogens is 1. The van der Waals surface area contributed by atoms with Gasteiger partial charge in [0.05, 0.1) is 31.5 Å². The van der Waals surface area contributed by atoms with Crippen molar-refractivity contribution in [3.63, 3.8) is 0 Å². The molecule has 0 fully saturated rings. The van der Waals surface area contributed by atoms with Crippen molar-refractivity contribution in [3.8, 4) is 5.75 Å². The van der Waals surface area contributed by atoms with Crippen LogP contribution >= 0.6 is 0 Å². The van der Waals surface area contributed by atoms with Gasteiger partial charge in [-0.3, -0.25) is 14.3 Å². The zero-order valence-corrected chi connectivity index (χ0v) is 22.2. The highest BCUT2D eigenvalue weighted by atomic mass is 19.4. The van der Waals surface area contributed by atoms with Gasteiger partial charge in [-0.2, -0.15) is 18.3 Å². The molecule has 0 unspecified atom stereocenters. The Balaban J connectivity index is 1.53. The minimum atomic E-state index is -4.44. The van der Waals surface area contributed by atoms with Gasteiger partial charge >= 0.3 is 6.18 Å². The van der Waals surface area contributed by atoms with Gasteiger partial charge in [0.1, 0.15) is 11.4 Å². The number of carbonyl (C=O) groups is 2. The normalized spacial score (nSPS) is 14.5. The summed E-state index contributed by atoms with van der Waals surface area (Å²) in [5.41, 5.74) is 1.70. The predicted molar refractivity (Wildman–Crippen MR) is 142 cm³/mol. The first-order valence-electron chi connectivity index (χ1n) is 12.6. The predicted octanol–water partition coefficient (Wildman–Crippen LogP) is 5.47. The van der Waals surface area contributed by atoms with Crippen LogP contribution in [-0.4, -0.2) is 45.1 Å². The second-order valence-electron chi connectivity index (χ2n) is 10.3. The number of carbonyl (C=O) groups excluding carboxylic acids is 2. The molecule has 2 amide bonds. The van der Waals surface area contributed by atoms with Crippen molar-refractivity contribution in [2.24, 2.45) is 0 Å². The van der Waals surface area contributed by atoms with Crippen molar-refractivity contribution in [1.29, 1.82) is 0 Å². The van der Waals surface area contributed by atoms with Crippen LogP contribution in [0.2, 0.25) is 0 Å². The Hall–Kier alpha value is -4.54. The van der Waals surface area contributed by atoms with E-state index in [1.54, 1.807) is 59.3 Å². The minimum absolute atomic E-state index is 0.148. The number of benzene rings is 2. The van der Waals surface area contributed by atoms with Gasteiger partial charge in [-0.1, -0.05) is 26.0 Å². The van der Waals surface area contributed by atoms with Gasteiger partial charge in [0, 0.05) is 29.4 Å². The summed E-state index contributed by atoms with van der Waals surface area (Å²) in [7, 11) is 1.55. The summed E-state index contributed by atoms with van der Waals surface area (Å²) in [6.45, 7) is 4.57. The molecule has 3 heterocycles. The molecule has 0 spiro atoms. The molecule has 2 N–H and O–H groups in total. The lowest BCUT2D eigenvalue weighted by molar-refractivity contribution is -0.137. The van der Waals surface area contributed by atoms with Crippen molar-refractivity contribution in [2.45, 2.75) is 38.5 Å². The largest absolute Gasteiger partial charge is 0.497 e. The number of halogens is 3. The monoisotopic (exact) mass is 551 g/mol. The molecule has 8 nitrogen and oxygen atoms in total. The van der Waals surface area contributed by atoms with Gasteiger partial charge in [0.2, 0.25) is 0 Å². The fourth-order valence-electron chi connectivity index (χ4n) is 5.12. The minimum Gasteiger partial charge on any atom is -0.497 e. The van der Waals surface area contributed by atoms with E-state index in [1.165, 1.54) is 12.1 Å². The number of rotatable bonds is 6. The number of nitrogens with one attached hydrogen (secondary N) is 2. The maximum absolute atomic E-state index is 13.5. The van der Waals surface area contributed by atoms with Crippen molar-refractivity contribution in [3.05, 3.63) is 101 Å². The molecule has 0 saturated carbocycles. The number of aromatic amines is 1. The second-order valence-corrected chi connectivity index (χ2v) is 10.3. The summed E-state index contributed by atoms with van der Waals surface area (Å²) in [4.78, 5) is 31.4. The Morgan fingerprint density at radius 3 is 2.38 bits per heavy atom. The second kappa shape index (κ2) is 10.2. The molecule has 208 valence electrons. The van der Waals surface area contributed by atoms with Crippen LogP contribution in [0.3, 0.4) is 0 Å². The Labute approximate surface area is 228 Å². The van der Waals surface area contributed by atoms with E-state index in [1.807, 2.05) is 13.8 Å². The molecule has 0 saturated heterocycles. The quantitative estimate of drug-likeness (QED) is 0.332. The first-order chi connectivity index (χ1) is 19.0. The standard InChI is InChI=1S/C29H28F3N5O3/c1-28(2)17-36(27(39)23-5-4-14-33-23)16-22-24(26(38)34-20-10-12-21(40-3)13-11-20)35-37(25(22)28)15-18-6-8-19(9-7-18)29(30,31)32/h4-14,33H,15-17H2,1-3H3,(H,34,38). The number of amides is 2. The maximum atomic E-state index is 13.5. The van der Waals surface area contributed by atoms with Crippen LogP contribution in [0, 0.1) is 0 Å². The molecule has 5 rings (SSSR count). The van der Waals surface area contributed by atoms with Crippen LogP contribution in [0.4, 0.5) is 18.9 Å². The van der Waals surface area contributed by atoms with Crippen LogP contribution in [-0.2, 0) is 24.7 Å². The molecule has 4 aromatic rings. The molecule has 0 bridgehead atoms. The van der Waals surface area contributed by atoms with E-state index >= 15 is 0 Å². The average Bonchev–Trinajstić information content (AvgIpc) is 3.57. The SMILES string of the molecule is COc1ccc(NC(=O)c2nn(Cc3ccc(C(F)(F)F)cc3)c3c2CN(C(=O)c2ccc[nH]2)CC3(C)C)cc1. The lowest BCUT2D eigenvalue weighted by Gasteiger charge is -2.38. The summed E-state index contributed by atoms with van der Waals surface area (Å²) in [5, 5.41) is 7.51. The highest BCUT2D eigenvalue weighted by Crippen LogP contribution is 2.37. The summed E-state index contributed by atoms with van der Waals surface area (Å²) >= 11 is 0. The van der Waals surface area contributed by atoms with Crippen LogP contribution in [0.5, 0.6) is 5.75 Å². The fourth-order valence-corrected chi connectivity index (χ4v) is 5.12. The molecule has 1 aliphatic heterocycles. The maximum Gasteiger partial charge on any atom is 0.416 e. The third kappa shape index (κ3) is 5.31. The molecule has 2 aromatic heterocycles. The molecule has 2 aromatic carbocycles. The fraction of sp³-hybridized carbons (Fsp3) is 0.276. The van der Waals surface area contributed by atoms with Gasteiger partial charge in [-0.15, -0.1) is 0 Å². The summed E-state index contributed by atoms with van der Waals surface area (Å²) in [6.07, 6.45) is -2.77. The van der Waals surface area contributed by atoms with Crippen LogP contribution in [0.25, 0.3) is 0 Å². The van der Waals surface area contributed by atoms with Gasteiger partial charge in [-0.25, -0.2) is 0 Å². The third-order valence-electron chi connectivity index (χ3n) is 6.92. The topological polar surface area (TPSA) is 92.2 Å². The zero-order valence-electron chi connectivity index (χ0n) is 22.2. The Morgan fingerprint density at radius 2 is 1.77 bits per heavy atom. The number of hydrogen-bond acceptors (Lipinski definition) is 4. The van der Waals surface area contributed by atoms with E-state index in [4.69, 9.17) is 4.74 Å². The van der Waals surface area contributed by atoms with Crippen LogP contribution < -0.4 is 10.1 Å². The zero-order chi connectivity index (χ0) is 28.7. The molecule has 11 heteroatoms. The van der Waals surface area contributed by atoms with E-state index in [2.05, 4.69) is 15.4 Å². The van der Waals surface area contributed by atoms with E-state index < -0.39 is 23.1 Å². The van der Waals surface area contributed by atoms with Crippen molar-refractivity contribution < 1.29 is 27.5 Å². The average molecular weight is 552 g/mol. The van der Waals surface area contributed by atoms with E-state index in [0.717, 1.165) is 17.8 Å². The molecule has 40 heavy (non-hydrogen) atoms. The summed E-state index contributed by atoms with van der Waals surface area (Å²) in [6, 6.07) is 15.1. The number of fused-ring (bicyclic) bond motifs is 1. The highest BCUT2D eigenvalue weighted by molar-refractivity contribution is 6.04. The van der Waals surface area contributed by atoms with E-state index in [9.17, 15) is 22.8 Å². The number of ether oxygens (including phenoxy) is 1. The Morgan fingerprint density at radius 1 is 1.07 bits per heavy atom. The molecular formula is C29H28F3N5O3. The van der Waals surface area contributed by atoms with Crippen molar-refractivity contribution in [2.75, 3.05) is 19.0 Å². The molecule has 0 radical (unpaired) electrons. The molecular weight excluding hydrogens is 523 g/mol. The number of methoxy groups -OCH3 is 1. The van der Waals surface area contributed by atoms with Crippen LogP contribution in [0.15, 0.2) is 66.9 Å². The van der Waals surface area contributed by atoms with Crippen LogP contribution in [0.1, 0.15) is 57.2 Å². The Kier molecular flexibility index (Phi) is 6.91. The van der Waals surface area contributed by atoms with Gasteiger partial charge in [-0.05, 0) is 54.1 Å². The smallest absolute Gasteiger partial charge is 0.416 e. The first-order valence-corrected chi connectivity index (χ1v) is 12.6. The summed E-state index contributed by atoms with van der Waals surface area (Å²) < 4.78 is 46.1. The first kappa shape index (κ1) is 27.0. The lowest BCUT2D eigenvalue weighted by Crippen LogP contribution is -2.46.